The highest BCUT2D eigenvalue weighted by Gasteiger charge is 2.21. The van der Waals surface area contributed by atoms with Gasteiger partial charge in [0, 0.05) is 18.1 Å². The Bertz CT molecular complexity index is 291. The third-order valence-electron chi connectivity index (χ3n) is 1.79. The first kappa shape index (κ1) is 15.4. The number of rotatable bonds is 5. The van der Waals surface area contributed by atoms with E-state index in [2.05, 4.69) is 17.9 Å². The largest absolute Gasteiger partial charge is 0.466 e. The summed E-state index contributed by atoms with van der Waals surface area (Å²) >= 11 is 0. The van der Waals surface area contributed by atoms with Crippen molar-refractivity contribution in [2.75, 3.05) is 20.3 Å². The van der Waals surface area contributed by atoms with Gasteiger partial charge in [0.1, 0.15) is 0 Å². The molecule has 96 valence electrons. The van der Waals surface area contributed by atoms with Gasteiger partial charge < -0.3 is 14.2 Å². The van der Waals surface area contributed by atoms with E-state index in [1.807, 2.05) is 0 Å². The first-order chi connectivity index (χ1) is 8.01. The van der Waals surface area contributed by atoms with Crippen LogP contribution in [0.1, 0.15) is 13.3 Å². The Hall–Kier alpha value is -1.62. The van der Waals surface area contributed by atoms with Crippen LogP contribution in [0.2, 0.25) is 0 Å². The van der Waals surface area contributed by atoms with E-state index in [4.69, 9.17) is 9.47 Å². The molecule has 17 heavy (non-hydrogen) atoms. The minimum atomic E-state index is -0.361. The molecular formula is C12H18O5. The van der Waals surface area contributed by atoms with E-state index in [9.17, 15) is 9.59 Å². The van der Waals surface area contributed by atoms with Crippen LogP contribution in [0, 0.1) is 0 Å². The van der Waals surface area contributed by atoms with Crippen molar-refractivity contribution in [3.63, 3.8) is 0 Å². The molecule has 1 unspecified atom stereocenters. The first-order valence-corrected chi connectivity index (χ1v) is 5.15. The summed E-state index contributed by atoms with van der Waals surface area (Å²) in [6, 6.07) is 0. The second kappa shape index (κ2) is 8.52. The summed E-state index contributed by atoms with van der Waals surface area (Å²) in [4.78, 5) is 20.6. The van der Waals surface area contributed by atoms with Gasteiger partial charge in [-0.3, -0.25) is 0 Å². The van der Waals surface area contributed by atoms with Crippen LogP contribution in [0.15, 0.2) is 24.8 Å². The molecule has 0 aromatic rings. The molecule has 1 rings (SSSR count). The Morgan fingerprint density at radius 2 is 2.12 bits per heavy atom. The van der Waals surface area contributed by atoms with Gasteiger partial charge in [0.05, 0.1) is 26.4 Å². The fourth-order valence-corrected chi connectivity index (χ4v) is 0.759. The van der Waals surface area contributed by atoms with Crippen molar-refractivity contribution in [2.45, 2.75) is 19.4 Å². The molecule has 0 saturated carbocycles. The number of methoxy groups -OCH3 is 1. The van der Waals surface area contributed by atoms with Gasteiger partial charge in [0.15, 0.2) is 0 Å². The van der Waals surface area contributed by atoms with Crippen molar-refractivity contribution in [1.29, 1.82) is 0 Å². The molecule has 0 aliphatic carbocycles. The summed E-state index contributed by atoms with van der Waals surface area (Å²) in [7, 11) is 1.33. The maximum absolute atomic E-state index is 10.4. The van der Waals surface area contributed by atoms with E-state index in [-0.39, 0.29) is 11.9 Å². The molecule has 1 aliphatic heterocycles. The monoisotopic (exact) mass is 242 g/mol. The van der Waals surface area contributed by atoms with Crippen LogP contribution in [0.3, 0.4) is 0 Å². The van der Waals surface area contributed by atoms with Crippen LogP contribution in [0.25, 0.3) is 0 Å². The molecule has 0 aromatic carbocycles. The smallest absolute Gasteiger partial charge is 0.332 e. The zero-order chi connectivity index (χ0) is 13.3. The standard InChI is InChI=1S/C7H10O3.C5H8O2/c1-2-7(8)9-4-3-6-5-10-6;1-4(2)5(6)7-3/h2,6H,1,3-5H2;1H2,2-3H3. The number of carbonyl (C=O) groups is 2. The van der Waals surface area contributed by atoms with Crippen LogP contribution in [-0.4, -0.2) is 38.4 Å². The Labute approximate surface area is 101 Å². The zero-order valence-corrected chi connectivity index (χ0v) is 10.2. The van der Waals surface area contributed by atoms with E-state index in [0.717, 1.165) is 19.1 Å². The molecule has 1 saturated heterocycles. The lowest BCUT2D eigenvalue weighted by atomic mass is 10.3. The summed E-state index contributed by atoms with van der Waals surface area (Å²) in [6.07, 6.45) is 2.30. The maximum atomic E-state index is 10.4. The molecule has 1 heterocycles. The van der Waals surface area contributed by atoms with Crippen LogP contribution < -0.4 is 0 Å². The summed E-state index contributed by atoms with van der Waals surface area (Å²) in [5.41, 5.74) is 0.433. The van der Waals surface area contributed by atoms with Crippen molar-refractivity contribution >= 4 is 11.9 Å². The van der Waals surface area contributed by atoms with E-state index >= 15 is 0 Å². The number of hydrogen-bond donors (Lipinski definition) is 0. The average Bonchev–Trinajstić information content (AvgIpc) is 3.12. The lowest BCUT2D eigenvalue weighted by molar-refractivity contribution is -0.138. The lowest BCUT2D eigenvalue weighted by Gasteiger charge is -1.97. The van der Waals surface area contributed by atoms with Crippen LogP contribution >= 0.6 is 0 Å². The molecule has 5 heteroatoms. The van der Waals surface area contributed by atoms with Crippen LogP contribution in [0.4, 0.5) is 0 Å². The summed E-state index contributed by atoms with van der Waals surface area (Å²) < 4.78 is 13.9. The van der Waals surface area contributed by atoms with E-state index in [0.29, 0.717) is 18.3 Å². The minimum Gasteiger partial charge on any atom is -0.466 e. The Morgan fingerprint density at radius 3 is 2.41 bits per heavy atom. The minimum absolute atomic E-state index is 0.331. The Balaban J connectivity index is 0.000000325. The number of ether oxygens (including phenoxy) is 3. The van der Waals surface area contributed by atoms with Crippen LogP contribution in [-0.2, 0) is 23.8 Å². The van der Waals surface area contributed by atoms with E-state index < -0.39 is 0 Å². The molecule has 0 N–H and O–H groups in total. The van der Waals surface area contributed by atoms with Gasteiger partial charge in [-0.25, -0.2) is 9.59 Å². The van der Waals surface area contributed by atoms with Crippen molar-refractivity contribution in [3.8, 4) is 0 Å². The highest BCUT2D eigenvalue weighted by molar-refractivity contribution is 5.86. The second-order valence-electron chi connectivity index (χ2n) is 3.39. The third-order valence-corrected chi connectivity index (χ3v) is 1.79. The fraction of sp³-hybridized carbons (Fsp3) is 0.500. The van der Waals surface area contributed by atoms with Crippen molar-refractivity contribution < 1.29 is 23.8 Å². The summed E-state index contributed by atoms with van der Waals surface area (Å²) in [5.74, 6) is -0.708. The van der Waals surface area contributed by atoms with Gasteiger partial charge in [-0.2, -0.15) is 0 Å². The van der Waals surface area contributed by atoms with Crippen molar-refractivity contribution in [2.24, 2.45) is 0 Å². The average molecular weight is 242 g/mol. The van der Waals surface area contributed by atoms with Gasteiger partial charge in [0.25, 0.3) is 0 Å². The number of epoxide rings is 1. The topological polar surface area (TPSA) is 65.1 Å². The summed E-state index contributed by atoms with van der Waals surface area (Å²) in [6.45, 7) is 9.47. The Kier molecular flexibility index (Phi) is 7.71. The molecule has 0 spiro atoms. The number of carbonyl (C=O) groups excluding carboxylic acids is 2. The maximum Gasteiger partial charge on any atom is 0.332 e. The predicted octanol–water partition coefficient (Wildman–Crippen LogP) is 1.24. The number of esters is 2. The first-order valence-electron chi connectivity index (χ1n) is 5.15. The molecule has 0 amide bonds. The summed E-state index contributed by atoms with van der Waals surface area (Å²) in [5, 5.41) is 0. The van der Waals surface area contributed by atoms with E-state index in [1.54, 1.807) is 6.92 Å². The second-order valence-corrected chi connectivity index (χ2v) is 3.39. The molecule has 1 aliphatic rings. The Morgan fingerprint density at radius 1 is 1.53 bits per heavy atom. The SMILES string of the molecule is C=C(C)C(=O)OC.C=CC(=O)OCCC1CO1. The lowest BCUT2D eigenvalue weighted by Crippen LogP contribution is -2.03. The van der Waals surface area contributed by atoms with Crippen molar-refractivity contribution in [3.05, 3.63) is 24.8 Å². The number of hydrogen-bond acceptors (Lipinski definition) is 5. The van der Waals surface area contributed by atoms with Crippen LogP contribution in [0.5, 0.6) is 0 Å². The molecular weight excluding hydrogens is 224 g/mol. The molecule has 0 bridgehead atoms. The zero-order valence-electron chi connectivity index (χ0n) is 10.2. The quantitative estimate of drug-likeness (QED) is 0.412. The van der Waals surface area contributed by atoms with Gasteiger partial charge in [-0.1, -0.05) is 13.2 Å². The highest BCUT2D eigenvalue weighted by Crippen LogP contribution is 2.12. The molecule has 5 nitrogen and oxygen atoms in total. The fourth-order valence-electron chi connectivity index (χ4n) is 0.759. The van der Waals surface area contributed by atoms with Gasteiger partial charge >= 0.3 is 11.9 Å². The third kappa shape index (κ3) is 9.32. The van der Waals surface area contributed by atoms with E-state index in [1.165, 1.54) is 7.11 Å². The van der Waals surface area contributed by atoms with Gasteiger partial charge in [-0.15, -0.1) is 0 Å². The normalized spacial score (nSPS) is 16.0. The molecule has 0 aromatic heterocycles. The highest BCUT2D eigenvalue weighted by atomic mass is 16.6. The predicted molar refractivity (Wildman–Crippen MR) is 62.3 cm³/mol. The van der Waals surface area contributed by atoms with Gasteiger partial charge in [0.2, 0.25) is 0 Å². The molecule has 1 atom stereocenters. The van der Waals surface area contributed by atoms with Gasteiger partial charge in [-0.05, 0) is 6.92 Å². The van der Waals surface area contributed by atoms with Crippen molar-refractivity contribution in [1.82, 2.24) is 0 Å². The molecule has 0 radical (unpaired) electrons. The molecule has 1 fully saturated rings.